The summed E-state index contributed by atoms with van der Waals surface area (Å²) in [4.78, 5) is 13.1. The van der Waals surface area contributed by atoms with Crippen molar-refractivity contribution in [1.29, 1.82) is 0 Å². The zero-order valence-corrected chi connectivity index (χ0v) is 11.2. The highest BCUT2D eigenvalue weighted by Crippen LogP contribution is 2.24. The molecule has 3 nitrogen and oxygen atoms in total. The first-order chi connectivity index (χ1) is 7.84. The molecule has 1 aromatic carbocycles. The molecule has 1 rings (SSSR count). The standard InChI is InChI=1S/C14H21NO2/c1-9(2)11(4)15(5)13-7-6-12(14(16)17)8-10(13)3/h6-9,11H,1-5H3,(H,16,17). The van der Waals surface area contributed by atoms with Gasteiger partial charge in [-0.2, -0.15) is 0 Å². The zero-order valence-electron chi connectivity index (χ0n) is 11.2. The summed E-state index contributed by atoms with van der Waals surface area (Å²) in [6.07, 6.45) is 0. The van der Waals surface area contributed by atoms with Crippen molar-refractivity contribution in [3.63, 3.8) is 0 Å². The van der Waals surface area contributed by atoms with Crippen LogP contribution in [0.2, 0.25) is 0 Å². The van der Waals surface area contributed by atoms with Gasteiger partial charge in [0.1, 0.15) is 0 Å². The van der Waals surface area contributed by atoms with E-state index in [1.807, 2.05) is 20.0 Å². The summed E-state index contributed by atoms with van der Waals surface area (Å²) in [5.41, 5.74) is 2.44. The molecule has 1 aromatic rings. The largest absolute Gasteiger partial charge is 0.478 e. The molecule has 0 aliphatic heterocycles. The third-order valence-corrected chi connectivity index (χ3v) is 3.40. The third-order valence-electron chi connectivity index (χ3n) is 3.40. The quantitative estimate of drug-likeness (QED) is 0.871. The van der Waals surface area contributed by atoms with E-state index in [4.69, 9.17) is 5.11 Å². The highest BCUT2D eigenvalue weighted by Gasteiger charge is 2.16. The maximum atomic E-state index is 10.9. The number of carbonyl (C=O) groups is 1. The molecular formula is C14H21NO2. The SMILES string of the molecule is Cc1cc(C(=O)O)ccc1N(C)C(C)C(C)C. The smallest absolute Gasteiger partial charge is 0.335 e. The summed E-state index contributed by atoms with van der Waals surface area (Å²) in [5, 5.41) is 8.92. The van der Waals surface area contributed by atoms with Gasteiger partial charge in [-0.25, -0.2) is 4.79 Å². The molecule has 1 unspecified atom stereocenters. The maximum absolute atomic E-state index is 10.9. The molecular weight excluding hydrogens is 214 g/mol. The normalized spacial score (nSPS) is 12.6. The molecule has 0 saturated carbocycles. The summed E-state index contributed by atoms with van der Waals surface area (Å²) in [5.74, 6) is -0.322. The number of carboxylic acid groups (broad SMARTS) is 1. The minimum Gasteiger partial charge on any atom is -0.478 e. The van der Waals surface area contributed by atoms with Crippen LogP contribution < -0.4 is 4.90 Å². The average Bonchev–Trinajstić information content (AvgIpc) is 2.26. The average molecular weight is 235 g/mol. The van der Waals surface area contributed by atoms with E-state index in [1.54, 1.807) is 12.1 Å². The van der Waals surface area contributed by atoms with Crippen LogP contribution >= 0.6 is 0 Å². The van der Waals surface area contributed by atoms with Gasteiger partial charge in [-0.1, -0.05) is 13.8 Å². The van der Waals surface area contributed by atoms with Crippen LogP contribution in [0.25, 0.3) is 0 Å². The van der Waals surface area contributed by atoms with Gasteiger partial charge in [-0.3, -0.25) is 0 Å². The van der Waals surface area contributed by atoms with Crippen molar-refractivity contribution >= 4 is 11.7 Å². The van der Waals surface area contributed by atoms with Crippen molar-refractivity contribution in [2.24, 2.45) is 5.92 Å². The van der Waals surface area contributed by atoms with Gasteiger partial charge in [0.25, 0.3) is 0 Å². The molecule has 0 aliphatic carbocycles. The number of hydrogen-bond acceptors (Lipinski definition) is 2. The Bertz CT molecular complexity index is 413. The Morgan fingerprint density at radius 2 is 1.88 bits per heavy atom. The summed E-state index contributed by atoms with van der Waals surface area (Å²) < 4.78 is 0. The molecule has 0 heterocycles. The van der Waals surface area contributed by atoms with Crippen molar-refractivity contribution in [2.45, 2.75) is 33.7 Å². The van der Waals surface area contributed by atoms with Gasteiger partial charge < -0.3 is 10.0 Å². The molecule has 0 aromatic heterocycles. The Balaban J connectivity index is 3.03. The minimum absolute atomic E-state index is 0.344. The predicted octanol–water partition coefficient (Wildman–Crippen LogP) is 3.17. The number of nitrogens with zero attached hydrogens (tertiary/aromatic N) is 1. The van der Waals surface area contributed by atoms with Gasteiger partial charge >= 0.3 is 5.97 Å². The second-order valence-electron chi connectivity index (χ2n) is 4.90. The second kappa shape index (κ2) is 5.21. The fraction of sp³-hybridized carbons (Fsp3) is 0.500. The van der Waals surface area contributed by atoms with Crippen molar-refractivity contribution < 1.29 is 9.90 Å². The van der Waals surface area contributed by atoms with Crippen LogP contribution in [0.3, 0.4) is 0 Å². The molecule has 1 N–H and O–H groups in total. The Hall–Kier alpha value is -1.51. The summed E-state index contributed by atoms with van der Waals surface area (Å²) in [6.45, 7) is 8.49. The number of aromatic carboxylic acids is 1. The molecule has 3 heteroatoms. The van der Waals surface area contributed by atoms with Crippen molar-refractivity contribution in [3.8, 4) is 0 Å². The van der Waals surface area contributed by atoms with Crippen LogP contribution in [0.5, 0.6) is 0 Å². The van der Waals surface area contributed by atoms with Gasteiger partial charge in [-0.05, 0) is 43.5 Å². The topological polar surface area (TPSA) is 40.5 Å². The van der Waals surface area contributed by atoms with Crippen LogP contribution in [0, 0.1) is 12.8 Å². The number of rotatable bonds is 4. The van der Waals surface area contributed by atoms with Crippen LogP contribution in [0.1, 0.15) is 36.7 Å². The lowest BCUT2D eigenvalue weighted by Crippen LogP contribution is -2.33. The minimum atomic E-state index is -0.876. The summed E-state index contributed by atoms with van der Waals surface area (Å²) in [7, 11) is 2.05. The maximum Gasteiger partial charge on any atom is 0.335 e. The monoisotopic (exact) mass is 235 g/mol. The molecule has 17 heavy (non-hydrogen) atoms. The van der Waals surface area contributed by atoms with E-state index in [1.165, 1.54) is 0 Å². The van der Waals surface area contributed by atoms with Gasteiger partial charge in [0, 0.05) is 18.8 Å². The van der Waals surface area contributed by atoms with Crippen LogP contribution in [-0.2, 0) is 0 Å². The molecule has 0 bridgehead atoms. The lowest BCUT2D eigenvalue weighted by Gasteiger charge is -2.31. The fourth-order valence-electron chi connectivity index (χ4n) is 1.85. The zero-order chi connectivity index (χ0) is 13.2. The Labute approximate surface area is 103 Å². The Morgan fingerprint density at radius 1 is 1.29 bits per heavy atom. The first-order valence-electron chi connectivity index (χ1n) is 5.91. The Kier molecular flexibility index (Phi) is 4.16. The van der Waals surface area contributed by atoms with E-state index >= 15 is 0 Å². The predicted molar refractivity (Wildman–Crippen MR) is 70.8 cm³/mol. The van der Waals surface area contributed by atoms with Crippen molar-refractivity contribution in [1.82, 2.24) is 0 Å². The van der Waals surface area contributed by atoms with Gasteiger partial charge in [0.15, 0.2) is 0 Å². The number of aryl methyl sites for hydroxylation is 1. The summed E-state index contributed by atoms with van der Waals surface area (Å²) in [6, 6.07) is 5.69. The number of benzene rings is 1. The van der Waals surface area contributed by atoms with E-state index < -0.39 is 5.97 Å². The molecule has 1 atom stereocenters. The first kappa shape index (κ1) is 13.6. The lowest BCUT2D eigenvalue weighted by molar-refractivity contribution is 0.0697. The van der Waals surface area contributed by atoms with E-state index in [-0.39, 0.29) is 0 Å². The van der Waals surface area contributed by atoms with Crippen LogP contribution in [0.15, 0.2) is 18.2 Å². The van der Waals surface area contributed by atoms with E-state index in [2.05, 4.69) is 25.7 Å². The van der Waals surface area contributed by atoms with Crippen molar-refractivity contribution in [2.75, 3.05) is 11.9 Å². The van der Waals surface area contributed by atoms with Crippen molar-refractivity contribution in [3.05, 3.63) is 29.3 Å². The molecule has 94 valence electrons. The lowest BCUT2D eigenvalue weighted by atomic mass is 10.0. The van der Waals surface area contributed by atoms with Gasteiger partial charge in [0.2, 0.25) is 0 Å². The molecule has 0 amide bonds. The molecule has 0 aliphatic rings. The van der Waals surface area contributed by atoms with Gasteiger partial charge in [-0.15, -0.1) is 0 Å². The van der Waals surface area contributed by atoms with E-state index in [9.17, 15) is 4.79 Å². The summed E-state index contributed by atoms with van der Waals surface area (Å²) >= 11 is 0. The first-order valence-corrected chi connectivity index (χ1v) is 5.91. The van der Waals surface area contributed by atoms with Crippen LogP contribution in [0.4, 0.5) is 5.69 Å². The van der Waals surface area contributed by atoms with Crippen LogP contribution in [-0.4, -0.2) is 24.2 Å². The third kappa shape index (κ3) is 2.99. The highest BCUT2D eigenvalue weighted by molar-refractivity contribution is 5.88. The number of hydrogen-bond donors (Lipinski definition) is 1. The van der Waals surface area contributed by atoms with E-state index in [0.717, 1.165) is 11.3 Å². The number of carboxylic acids is 1. The number of anilines is 1. The molecule has 0 spiro atoms. The highest BCUT2D eigenvalue weighted by atomic mass is 16.4. The second-order valence-corrected chi connectivity index (χ2v) is 4.90. The Morgan fingerprint density at radius 3 is 2.29 bits per heavy atom. The molecule has 0 fully saturated rings. The fourth-order valence-corrected chi connectivity index (χ4v) is 1.85. The van der Waals surface area contributed by atoms with E-state index in [0.29, 0.717) is 17.5 Å². The molecule has 0 saturated heterocycles. The van der Waals surface area contributed by atoms with Gasteiger partial charge in [0.05, 0.1) is 5.56 Å². The molecule has 0 radical (unpaired) electrons.